The van der Waals surface area contributed by atoms with Gasteiger partial charge in [0.05, 0.1) is 6.61 Å². The van der Waals surface area contributed by atoms with Gasteiger partial charge < -0.3 is 10.2 Å². The molecule has 2 aromatic carbocycles. The number of rotatable bonds is 6. The van der Waals surface area contributed by atoms with E-state index in [0.717, 1.165) is 36.6 Å². The highest BCUT2D eigenvalue weighted by molar-refractivity contribution is 5.88. The van der Waals surface area contributed by atoms with Gasteiger partial charge in [0.25, 0.3) is 0 Å². The van der Waals surface area contributed by atoms with Gasteiger partial charge in [0, 0.05) is 6.61 Å². The fourth-order valence-corrected chi connectivity index (χ4v) is 2.38. The molecule has 0 radical (unpaired) electrons. The van der Waals surface area contributed by atoms with Crippen LogP contribution in [0.5, 0.6) is 0 Å². The van der Waals surface area contributed by atoms with Crippen LogP contribution in [0.25, 0.3) is 10.8 Å². The lowest BCUT2D eigenvalue weighted by Crippen LogP contribution is -1.93. The van der Waals surface area contributed by atoms with E-state index < -0.39 is 0 Å². The summed E-state index contributed by atoms with van der Waals surface area (Å²) in [5.41, 5.74) is 2.32. The number of benzene rings is 2. The van der Waals surface area contributed by atoms with Crippen molar-refractivity contribution in [2.24, 2.45) is 0 Å². The highest BCUT2D eigenvalue weighted by Crippen LogP contribution is 2.24. The van der Waals surface area contributed by atoms with Crippen molar-refractivity contribution in [1.29, 1.82) is 0 Å². The van der Waals surface area contributed by atoms with E-state index in [1.807, 2.05) is 18.2 Å². The van der Waals surface area contributed by atoms with Crippen LogP contribution >= 0.6 is 0 Å². The fourth-order valence-electron chi connectivity index (χ4n) is 2.38. The molecule has 0 aliphatic heterocycles. The summed E-state index contributed by atoms with van der Waals surface area (Å²) in [5.74, 6) is 0. The monoisotopic (exact) mass is 244 g/mol. The van der Waals surface area contributed by atoms with Gasteiger partial charge in [0.1, 0.15) is 0 Å². The second-order valence-electron chi connectivity index (χ2n) is 4.62. The van der Waals surface area contributed by atoms with Crippen LogP contribution < -0.4 is 0 Å². The molecule has 2 heteroatoms. The zero-order valence-electron chi connectivity index (χ0n) is 10.6. The van der Waals surface area contributed by atoms with Gasteiger partial charge in [0.2, 0.25) is 0 Å². The Morgan fingerprint density at radius 1 is 0.722 bits per heavy atom. The molecule has 0 unspecified atom stereocenters. The zero-order chi connectivity index (χ0) is 12.8. The minimum absolute atomic E-state index is 0.0886. The van der Waals surface area contributed by atoms with Crippen LogP contribution in [0.3, 0.4) is 0 Å². The highest BCUT2D eigenvalue weighted by Gasteiger charge is 2.04. The second kappa shape index (κ2) is 6.53. The van der Waals surface area contributed by atoms with Crippen molar-refractivity contribution in [2.45, 2.75) is 32.3 Å². The van der Waals surface area contributed by atoms with Crippen LogP contribution in [0.15, 0.2) is 36.4 Å². The molecule has 18 heavy (non-hydrogen) atoms. The second-order valence-corrected chi connectivity index (χ2v) is 4.62. The number of hydrogen-bond donors (Lipinski definition) is 2. The van der Waals surface area contributed by atoms with E-state index in [0.29, 0.717) is 0 Å². The molecule has 0 saturated carbocycles. The molecule has 96 valence electrons. The third-order valence-corrected chi connectivity index (χ3v) is 3.38. The molecule has 2 aromatic rings. The van der Waals surface area contributed by atoms with E-state index in [9.17, 15) is 5.11 Å². The average Bonchev–Trinajstić information content (AvgIpc) is 2.43. The summed E-state index contributed by atoms with van der Waals surface area (Å²) < 4.78 is 0. The standard InChI is InChI=1S/C16H20O2/c17-11-5-1-2-6-13-9-10-14(12-18)16-8-4-3-7-15(13)16/h3-4,7-10,17-18H,1-2,5-6,11-12H2. The first-order valence-electron chi connectivity index (χ1n) is 6.58. The zero-order valence-corrected chi connectivity index (χ0v) is 10.6. The van der Waals surface area contributed by atoms with Crippen molar-refractivity contribution in [2.75, 3.05) is 6.61 Å². The van der Waals surface area contributed by atoms with Crippen molar-refractivity contribution in [1.82, 2.24) is 0 Å². The van der Waals surface area contributed by atoms with E-state index in [1.54, 1.807) is 0 Å². The molecule has 0 amide bonds. The van der Waals surface area contributed by atoms with E-state index >= 15 is 0 Å². The van der Waals surface area contributed by atoms with Crippen molar-refractivity contribution < 1.29 is 10.2 Å². The van der Waals surface area contributed by atoms with Crippen molar-refractivity contribution in [3.05, 3.63) is 47.5 Å². The van der Waals surface area contributed by atoms with Gasteiger partial charge in [-0.25, -0.2) is 0 Å². The first-order chi connectivity index (χ1) is 8.86. The Kier molecular flexibility index (Phi) is 4.73. The minimum Gasteiger partial charge on any atom is -0.396 e. The Morgan fingerprint density at radius 2 is 1.39 bits per heavy atom. The van der Waals surface area contributed by atoms with E-state index in [-0.39, 0.29) is 13.2 Å². The lowest BCUT2D eigenvalue weighted by Gasteiger charge is -2.09. The molecule has 0 fully saturated rings. The summed E-state index contributed by atoms with van der Waals surface area (Å²) >= 11 is 0. The van der Waals surface area contributed by atoms with E-state index in [2.05, 4.69) is 18.2 Å². The minimum atomic E-state index is 0.0886. The van der Waals surface area contributed by atoms with E-state index in [1.165, 1.54) is 10.9 Å². The number of unbranched alkanes of at least 4 members (excludes halogenated alkanes) is 2. The lowest BCUT2D eigenvalue weighted by molar-refractivity contribution is 0.282. The van der Waals surface area contributed by atoms with Crippen LogP contribution in [-0.4, -0.2) is 16.8 Å². The normalized spacial score (nSPS) is 11.0. The predicted octanol–water partition coefficient (Wildman–Crippen LogP) is 3.04. The van der Waals surface area contributed by atoms with Crippen LogP contribution in [0.1, 0.15) is 30.4 Å². The maximum atomic E-state index is 9.34. The van der Waals surface area contributed by atoms with Crippen LogP contribution in [0.2, 0.25) is 0 Å². The van der Waals surface area contributed by atoms with Gasteiger partial charge >= 0.3 is 0 Å². The third kappa shape index (κ3) is 2.89. The molecule has 0 bridgehead atoms. The van der Waals surface area contributed by atoms with Crippen molar-refractivity contribution in [3.63, 3.8) is 0 Å². The Balaban J connectivity index is 2.23. The molecule has 0 aliphatic rings. The molecule has 0 saturated heterocycles. The fraction of sp³-hybridized carbons (Fsp3) is 0.375. The number of hydrogen-bond acceptors (Lipinski definition) is 2. The van der Waals surface area contributed by atoms with Gasteiger partial charge in [-0.05, 0) is 41.2 Å². The Morgan fingerprint density at radius 3 is 2.06 bits per heavy atom. The molecule has 0 atom stereocenters. The number of aryl methyl sites for hydroxylation is 1. The Hall–Kier alpha value is -1.38. The molecule has 0 spiro atoms. The van der Waals surface area contributed by atoms with Gasteiger partial charge in [-0.1, -0.05) is 42.8 Å². The first kappa shape index (κ1) is 13.1. The molecule has 2 nitrogen and oxygen atoms in total. The lowest BCUT2D eigenvalue weighted by atomic mass is 9.96. The Labute approximate surface area is 108 Å². The van der Waals surface area contributed by atoms with Gasteiger partial charge in [-0.2, -0.15) is 0 Å². The van der Waals surface area contributed by atoms with Gasteiger partial charge in [-0.15, -0.1) is 0 Å². The topological polar surface area (TPSA) is 40.5 Å². The predicted molar refractivity (Wildman–Crippen MR) is 74.5 cm³/mol. The van der Waals surface area contributed by atoms with Crippen LogP contribution in [0.4, 0.5) is 0 Å². The number of fused-ring (bicyclic) bond motifs is 1. The third-order valence-electron chi connectivity index (χ3n) is 3.38. The maximum Gasteiger partial charge on any atom is 0.0687 e. The first-order valence-corrected chi connectivity index (χ1v) is 6.58. The summed E-state index contributed by atoms with van der Waals surface area (Å²) in [4.78, 5) is 0. The number of aliphatic hydroxyl groups excluding tert-OH is 2. The van der Waals surface area contributed by atoms with Crippen LogP contribution in [0, 0.1) is 0 Å². The van der Waals surface area contributed by atoms with Crippen molar-refractivity contribution in [3.8, 4) is 0 Å². The summed E-state index contributed by atoms with van der Waals surface area (Å²) in [7, 11) is 0. The quantitative estimate of drug-likeness (QED) is 0.767. The molecule has 2 N–H and O–H groups in total. The SMILES string of the molecule is OCCCCCc1ccc(CO)c2ccccc12. The molecular formula is C16H20O2. The molecule has 0 heterocycles. The Bertz CT molecular complexity index is 505. The molecule has 0 aromatic heterocycles. The maximum absolute atomic E-state index is 9.34. The number of aliphatic hydroxyl groups is 2. The smallest absolute Gasteiger partial charge is 0.0687 e. The van der Waals surface area contributed by atoms with Gasteiger partial charge in [-0.3, -0.25) is 0 Å². The van der Waals surface area contributed by atoms with Crippen molar-refractivity contribution >= 4 is 10.8 Å². The van der Waals surface area contributed by atoms with E-state index in [4.69, 9.17) is 5.11 Å². The highest BCUT2D eigenvalue weighted by atomic mass is 16.3. The summed E-state index contributed by atoms with van der Waals surface area (Å²) in [6, 6.07) is 12.4. The molecule has 2 rings (SSSR count). The summed E-state index contributed by atoms with van der Waals surface area (Å²) in [6.45, 7) is 0.371. The van der Waals surface area contributed by atoms with Gasteiger partial charge in [0.15, 0.2) is 0 Å². The van der Waals surface area contributed by atoms with Crippen LogP contribution in [-0.2, 0) is 13.0 Å². The summed E-state index contributed by atoms with van der Waals surface area (Å²) in [5, 5.41) is 20.5. The largest absolute Gasteiger partial charge is 0.396 e. The molecular weight excluding hydrogens is 224 g/mol. The average molecular weight is 244 g/mol. The summed E-state index contributed by atoms with van der Waals surface area (Å²) in [6.07, 6.45) is 4.08. The molecule has 0 aliphatic carbocycles.